The summed E-state index contributed by atoms with van der Waals surface area (Å²) in [7, 11) is 0. The summed E-state index contributed by atoms with van der Waals surface area (Å²) in [4.78, 5) is 32.2. The van der Waals surface area contributed by atoms with Gasteiger partial charge in [0.2, 0.25) is 6.36 Å². The molecule has 1 unspecified atom stereocenters. The van der Waals surface area contributed by atoms with E-state index < -0.39 is 24.3 Å². The number of imide groups is 1. The molecule has 0 bridgehead atoms. The van der Waals surface area contributed by atoms with Gasteiger partial charge < -0.3 is 10.1 Å². The molecule has 1 rings (SSSR count). The number of hydrogen-bond donors (Lipinski definition) is 2. The number of nitrogens with one attached hydrogen (secondary N) is 2. The Bertz CT molecular complexity index is 324. The van der Waals surface area contributed by atoms with Crippen molar-refractivity contribution in [2.45, 2.75) is 13.3 Å². The predicted molar refractivity (Wildman–Crippen MR) is 41.4 cm³/mol. The highest BCUT2D eigenvalue weighted by Gasteiger charge is 2.24. The van der Waals surface area contributed by atoms with E-state index in [1.165, 1.54) is 0 Å². The molecule has 1 saturated heterocycles. The highest BCUT2D eigenvalue weighted by Crippen LogP contribution is 2.00. The molecule has 0 aromatic rings. The van der Waals surface area contributed by atoms with E-state index in [2.05, 4.69) is 4.74 Å². The van der Waals surface area contributed by atoms with E-state index in [0.29, 0.717) is 6.08 Å². The van der Waals surface area contributed by atoms with E-state index in [9.17, 15) is 18.8 Å². The smallest absolute Gasteiger partial charge is 0.335 e. The third-order valence-electron chi connectivity index (χ3n) is 1.26. The molecule has 2 N–H and O–H groups in total. The SMILES string of the molecule is CC(F)OC(=O)/C=C1\NC(=O)NC1=O. The highest BCUT2D eigenvalue weighted by molar-refractivity contribution is 6.13. The van der Waals surface area contributed by atoms with Crippen molar-refractivity contribution in [2.75, 3.05) is 0 Å². The number of urea groups is 1. The molecule has 0 saturated carbocycles. The molecular formula is C7H7FN2O4. The van der Waals surface area contributed by atoms with Crippen LogP contribution in [0.15, 0.2) is 11.8 Å². The minimum Gasteiger partial charge on any atom is -0.428 e. The van der Waals surface area contributed by atoms with E-state index >= 15 is 0 Å². The molecule has 7 heteroatoms. The Morgan fingerprint density at radius 3 is 2.57 bits per heavy atom. The standard InChI is InChI=1S/C7H7FN2O4/c1-3(8)14-5(11)2-4-6(12)10-7(13)9-4/h2-3H,1H3,(H2,9,10,12,13)/b4-2-. The third-order valence-corrected chi connectivity index (χ3v) is 1.26. The Labute approximate surface area is 78.1 Å². The van der Waals surface area contributed by atoms with Crippen molar-refractivity contribution in [1.82, 2.24) is 10.6 Å². The van der Waals surface area contributed by atoms with Crippen molar-refractivity contribution in [2.24, 2.45) is 0 Å². The molecule has 0 radical (unpaired) electrons. The molecule has 6 nitrogen and oxygen atoms in total. The Morgan fingerprint density at radius 2 is 2.14 bits per heavy atom. The summed E-state index contributed by atoms with van der Waals surface area (Å²) in [5.41, 5.74) is -0.263. The molecule has 1 aliphatic heterocycles. The summed E-state index contributed by atoms with van der Waals surface area (Å²) >= 11 is 0. The Hall–Kier alpha value is -1.92. The van der Waals surface area contributed by atoms with Crippen molar-refractivity contribution in [1.29, 1.82) is 0 Å². The highest BCUT2D eigenvalue weighted by atomic mass is 19.1. The van der Waals surface area contributed by atoms with Crippen molar-refractivity contribution >= 4 is 17.9 Å². The summed E-state index contributed by atoms with van der Waals surface area (Å²) in [6.45, 7) is 1.02. The Balaban J connectivity index is 2.64. The molecular weight excluding hydrogens is 195 g/mol. The Morgan fingerprint density at radius 1 is 1.50 bits per heavy atom. The molecule has 3 amide bonds. The lowest BCUT2D eigenvalue weighted by Crippen LogP contribution is -2.22. The lowest BCUT2D eigenvalue weighted by Gasteiger charge is -2.00. The van der Waals surface area contributed by atoms with Gasteiger partial charge in [0.25, 0.3) is 5.91 Å². The molecule has 76 valence electrons. The molecule has 1 fully saturated rings. The van der Waals surface area contributed by atoms with E-state index in [1.807, 2.05) is 10.6 Å². The lowest BCUT2D eigenvalue weighted by molar-refractivity contribution is -0.149. The van der Waals surface area contributed by atoms with Gasteiger partial charge in [-0.25, -0.2) is 14.0 Å². The third kappa shape index (κ3) is 2.54. The van der Waals surface area contributed by atoms with Gasteiger partial charge >= 0.3 is 12.0 Å². The number of hydrogen-bond acceptors (Lipinski definition) is 4. The van der Waals surface area contributed by atoms with Crippen LogP contribution in [0.5, 0.6) is 0 Å². The van der Waals surface area contributed by atoms with Gasteiger partial charge in [0.05, 0.1) is 6.08 Å². The molecule has 0 aromatic carbocycles. The molecule has 0 aliphatic carbocycles. The van der Waals surface area contributed by atoms with Crippen molar-refractivity contribution < 1.29 is 23.5 Å². The maximum Gasteiger partial charge on any atom is 0.335 e. The van der Waals surface area contributed by atoms with Crippen LogP contribution in [-0.2, 0) is 14.3 Å². The minimum absolute atomic E-state index is 0.263. The summed E-state index contributed by atoms with van der Waals surface area (Å²) in [6, 6.07) is -0.734. The van der Waals surface area contributed by atoms with E-state index in [1.54, 1.807) is 0 Å². The van der Waals surface area contributed by atoms with Crippen LogP contribution in [0.2, 0.25) is 0 Å². The first-order valence-corrected chi connectivity index (χ1v) is 3.68. The topological polar surface area (TPSA) is 84.5 Å². The molecule has 14 heavy (non-hydrogen) atoms. The maximum absolute atomic E-state index is 12.1. The minimum atomic E-state index is -1.76. The second kappa shape index (κ2) is 3.86. The van der Waals surface area contributed by atoms with Gasteiger partial charge in [-0.3, -0.25) is 10.1 Å². The fourth-order valence-electron chi connectivity index (χ4n) is 0.794. The lowest BCUT2D eigenvalue weighted by atomic mass is 10.4. The quantitative estimate of drug-likeness (QED) is 0.361. The van der Waals surface area contributed by atoms with Gasteiger partial charge in [-0.15, -0.1) is 0 Å². The number of carbonyl (C=O) groups excluding carboxylic acids is 3. The number of amides is 3. The monoisotopic (exact) mass is 202 g/mol. The number of ether oxygens (including phenoxy) is 1. The zero-order chi connectivity index (χ0) is 10.7. The predicted octanol–water partition coefficient (Wildman–Crippen LogP) is -0.432. The molecule has 1 atom stereocenters. The summed E-state index contributed by atoms with van der Waals surface area (Å²) in [5, 5.41) is 3.91. The second-order valence-corrected chi connectivity index (χ2v) is 2.45. The van der Waals surface area contributed by atoms with Crippen LogP contribution in [-0.4, -0.2) is 24.3 Å². The van der Waals surface area contributed by atoms with Crippen LogP contribution >= 0.6 is 0 Å². The van der Waals surface area contributed by atoms with E-state index in [-0.39, 0.29) is 5.70 Å². The van der Waals surface area contributed by atoms with Crippen molar-refractivity contribution in [3.8, 4) is 0 Å². The zero-order valence-corrected chi connectivity index (χ0v) is 7.17. The van der Waals surface area contributed by atoms with Crippen LogP contribution in [0.4, 0.5) is 9.18 Å². The first-order chi connectivity index (χ1) is 6.49. The average molecular weight is 202 g/mol. The summed E-state index contributed by atoms with van der Waals surface area (Å²) < 4.78 is 16.2. The average Bonchev–Trinajstić information content (AvgIpc) is 2.28. The number of rotatable bonds is 2. The summed E-state index contributed by atoms with van der Waals surface area (Å²) in [6.07, 6.45) is -1.06. The Kier molecular flexibility index (Phi) is 2.80. The molecule has 0 spiro atoms. The largest absolute Gasteiger partial charge is 0.428 e. The van der Waals surface area contributed by atoms with E-state index in [4.69, 9.17) is 0 Å². The van der Waals surface area contributed by atoms with E-state index in [0.717, 1.165) is 6.92 Å². The van der Waals surface area contributed by atoms with Gasteiger partial charge in [0, 0.05) is 6.92 Å². The normalized spacial score (nSPS) is 20.3. The second-order valence-electron chi connectivity index (χ2n) is 2.45. The van der Waals surface area contributed by atoms with Crippen molar-refractivity contribution in [3.05, 3.63) is 11.8 Å². The number of alkyl halides is 1. The molecule has 0 aromatic heterocycles. The van der Waals surface area contributed by atoms with Gasteiger partial charge in [0.15, 0.2) is 0 Å². The maximum atomic E-state index is 12.1. The van der Waals surface area contributed by atoms with Gasteiger partial charge in [0.1, 0.15) is 5.70 Å². The zero-order valence-electron chi connectivity index (χ0n) is 7.17. The van der Waals surface area contributed by atoms with Crippen LogP contribution in [0.3, 0.4) is 0 Å². The fraction of sp³-hybridized carbons (Fsp3) is 0.286. The van der Waals surface area contributed by atoms with Crippen LogP contribution < -0.4 is 10.6 Å². The van der Waals surface area contributed by atoms with Gasteiger partial charge in [-0.1, -0.05) is 0 Å². The van der Waals surface area contributed by atoms with Crippen LogP contribution in [0, 0.1) is 0 Å². The van der Waals surface area contributed by atoms with Gasteiger partial charge in [-0.05, 0) is 0 Å². The molecule has 1 aliphatic rings. The van der Waals surface area contributed by atoms with Crippen LogP contribution in [0.25, 0.3) is 0 Å². The fourth-order valence-corrected chi connectivity index (χ4v) is 0.794. The summed E-state index contributed by atoms with van der Waals surface area (Å²) in [5.74, 6) is -1.79. The first kappa shape index (κ1) is 10.2. The molecule has 1 heterocycles. The van der Waals surface area contributed by atoms with Crippen LogP contribution in [0.1, 0.15) is 6.92 Å². The number of halogens is 1. The first-order valence-electron chi connectivity index (χ1n) is 3.68. The number of carbonyl (C=O) groups is 3. The number of esters is 1. The van der Waals surface area contributed by atoms with Gasteiger partial charge in [-0.2, -0.15) is 0 Å². The van der Waals surface area contributed by atoms with Crippen molar-refractivity contribution in [3.63, 3.8) is 0 Å².